The first kappa shape index (κ1) is 17.9. The zero-order valence-corrected chi connectivity index (χ0v) is 15.1. The van der Waals surface area contributed by atoms with E-state index in [9.17, 15) is 13.2 Å². The molecule has 1 N–H and O–H groups in total. The molecule has 0 bridgehead atoms. The predicted molar refractivity (Wildman–Crippen MR) is 99.9 cm³/mol. The van der Waals surface area contributed by atoms with Crippen molar-refractivity contribution in [1.82, 2.24) is 9.78 Å². The van der Waals surface area contributed by atoms with Gasteiger partial charge in [-0.25, -0.2) is 8.42 Å². The fraction of sp³-hybridized carbons (Fsp3) is 0.158. The number of aromatic nitrogens is 2. The van der Waals surface area contributed by atoms with Gasteiger partial charge in [0.2, 0.25) is 0 Å². The summed E-state index contributed by atoms with van der Waals surface area (Å²) < 4.78 is 26.1. The number of sulfone groups is 1. The Kier molecular flexibility index (Phi) is 5.18. The third-order valence-corrected chi connectivity index (χ3v) is 5.71. The van der Waals surface area contributed by atoms with Crippen molar-refractivity contribution in [3.05, 3.63) is 78.1 Å². The highest BCUT2D eigenvalue weighted by Crippen LogP contribution is 2.19. The number of benzene rings is 2. The van der Waals surface area contributed by atoms with Crippen molar-refractivity contribution in [1.29, 1.82) is 0 Å². The Morgan fingerprint density at radius 1 is 1.08 bits per heavy atom. The molecule has 2 aromatic carbocycles. The molecule has 0 radical (unpaired) electrons. The molecule has 0 aliphatic rings. The molecule has 0 saturated carbocycles. The Morgan fingerprint density at radius 3 is 2.50 bits per heavy atom. The average molecular weight is 369 g/mol. The van der Waals surface area contributed by atoms with E-state index in [1.54, 1.807) is 29.9 Å². The second kappa shape index (κ2) is 7.53. The molecule has 0 aliphatic carbocycles. The van der Waals surface area contributed by atoms with Crippen LogP contribution in [-0.4, -0.2) is 29.9 Å². The van der Waals surface area contributed by atoms with Crippen molar-refractivity contribution in [2.75, 3.05) is 11.1 Å². The van der Waals surface area contributed by atoms with Crippen molar-refractivity contribution in [3.63, 3.8) is 0 Å². The van der Waals surface area contributed by atoms with E-state index in [-0.39, 0.29) is 16.2 Å². The van der Waals surface area contributed by atoms with Crippen LogP contribution in [0.5, 0.6) is 0 Å². The van der Waals surface area contributed by atoms with Crippen LogP contribution in [0.4, 0.5) is 5.69 Å². The molecule has 3 rings (SSSR count). The maximum Gasteiger partial charge on any atom is 0.257 e. The average Bonchev–Trinajstić information content (AvgIpc) is 3.09. The van der Waals surface area contributed by atoms with Crippen molar-refractivity contribution in [3.8, 4) is 0 Å². The van der Waals surface area contributed by atoms with Crippen LogP contribution in [0.3, 0.4) is 0 Å². The fourth-order valence-electron chi connectivity index (χ4n) is 2.56. The van der Waals surface area contributed by atoms with Crippen molar-refractivity contribution in [2.45, 2.75) is 18.4 Å². The SMILES string of the molecule is CCS(=O)(=O)c1ccccc1C(=O)Nc1cnn(Cc2ccccc2)c1. The Labute approximate surface area is 152 Å². The Morgan fingerprint density at radius 2 is 1.77 bits per heavy atom. The number of nitrogens with one attached hydrogen (secondary N) is 1. The molecule has 26 heavy (non-hydrogen) atoms. The van der Waals surface area contributed by atoms with Crippen LogP contribution in [0, 0.1) is 0 Å². The van der Waals surface area contributed by atoms with Gasteiger partial charge in [-0.15, -0.1) is 0 Å². The van der Waals surface area contributed by atoms with Crippen molar-refractivity contribution >= 4 is 21.4 Å². The molecule has 0 atom stereocenters. The van der Waals surface area contributed by atoms with Crippen LogP contribution in [0.1, 0.15) is 22.8 Å². The molecular formula is C19H19N3O3S. The second-order valence-electron chi connectivity index (χ2n) is 5.77. The molecular weight excluding hydrogens is 350 g/mol. The number of nitrogens with zero attached hydrogens (tertiary/aromatic N) is 2. The minimum atomic E-state index is -3.48. The van der Waals surface area contributed by atoms with Crippen LogP contribution < -0.4 is 5.32 Å². The number of carbonyl (C=O) groups excluding carboxylic acids is 1. The van der Waals surface area contributed by atoms with Gasteiger partial charge in [0.25, 0.3) is 5.91 Å². The molecule has 1 aromatic heterocycles. The topological polar surface area (TPSA) is 81.1 Å². The van der Waals surface area contributed by atoms with Crippen LogP contribution in [0.15, 0.2) is 71.9 Å². The van der Waals surface area contributed by atoms with E-state index in [1.807, 2.05) is 30.3 Å². The maximum atomic E-state index is 12.6. The zero-order chi connectivity index (χ0) is 18.6. The summed E-state index contributed by atoms with van der Waals surface area (Å²) in [5.74, 6) is -0.538. The fourth-order valence-corrected chi connectivity index (χ4v) is 3.66. The molecule has 3 aromatic rings. The summed E-state index contributed by atoms with van der Waals surface area (Å²) in [4.78, 5) is 12.6. The quantitative estimate of drug-likeness (QED) is 0.724. The van der Waals surface area contributed by atoms with E-state index >= 15 is 0 Å². The van der Waals surface area contributed by atoms with Gasteiger partial charge >= 0.3 is 0 Å². The second-order valence-corrected chi connectivity index (χ2v) is 8.01. The zero-order valence-electron chi connectivity index (χ0n) is 14.3. The molecule has 1 heterocycles. The van der Waals surface area contributed by atoms with Crippen molar-refractivity contribution < 1.29 is 13.2 Å². The largest absolute Gasteiger partial charge is 0.319 e. The predicted octanol–water partition coefficient (Wildman–Crippen LogP) is 2.98. The van der Waals surface area contributed by atoms with Gasteiger partial charge in [0.1, 0.15) is 0 Å². The summed E-state index contributed by atoms with van der Waals surface area (Å²) in [6.45, 7) is 2.13. The highest BCUT2D eigenvalue weighted by molar-refractivity contribution is 7.91. The molecule has 0 aliphatic heterocycles. The van der Waals surface area contributed by atoms with E-state index in [0.717, 1.165) is 5.56 Å². The van der Waals surface area contributed by atoms with E-state index < -0.39 is 15.7 Å². The third-order valence-electron chi connectivity index (χ3n) is 3.93. The summed E-state index contributed by atoms with van der Waals surface area (Å²) in [7, 11) is -3.48. The monoisotopic (exact) mass is 369 g/mol. The first-order chi connectivity index (χ1) is 12.5. The van der Waals surface area contributed by atoms with Crippen LogP contribution in [0.2, 0.25) is 0 Å². The smallest absolute Gasteiger partial charge is 0.257 e. The van der Waals surface area contributed by atoms with Gasteiger partial charge in [0.05, 0.1) is 34.6 Å². The molecule has 7 heteroatoms. The number of hydrogen-bond acceptors (Lipinski definition) is 4. The summed E-state index contributed by atoms with van der Waals surface area (Å²) in [5, 5.41) is 6.94. The highest BCUT2D eigenvalue weighted by Gasteiger charge is 2.20. The van der Waals surface area contributed by atoms with E-state index in [1.165, 1.54) is 18.3 Å². The van der Waals surface area contributed by atoms with Gasteiger partial charge in [0, 0.05) is 6.20 Å². The van der Waals surface area contributed by atoms with Gasteiger partial charge < -0.3 is 5.32 Å². The lowest BCUT2D eigenvalue weighted by molar-refractivity contribution is 0.102. The number of anilines is 1. The lowest BCUT2D eigenvalue weighted by Gasteiger charge is -2.08. The van der Waals surface area contributed by atoms with Crippen molar-refractivity contribution in [2.24, 2.45) is 0 Å². The molecule has 0 saturated heterocycles. The van der Waals surface area contributed by atoms with E-state index in [2.05, 4.69) is 10.4 Å². The first-order valence-corrected chi connectivity index (χ1v) is 9.84. The van der Waals surface area contributed by atoms with Crippen LogP contribution in [-0.2, 0) is 16.4 Å². The van der Waals surface area contributed by atoms with Gasteiger partial charge in [-0.3, -0.25) is 9.48 Å². The normalized spacial score (nSPS) is 11.3. The molecule has 134 valence electrons. The highest BCUT2D eigenvalue weighted by atomic mass is 32.2. The summed E-state index contributed by atoms with van der Waals surface area (Å²) in [6.07, 6.45) is 3.25. The Balaban J connectivity index is 1.78. The van der Waals surface area contributed by atoms with Gasteiger partial charge in [0.15, 0.2) is 9.84 Å². The minimum Gasteiger partial charge on any atom is -0.319 e. The molecule has 0 unspecified atom stereocenters. The molecule has 0 spiro atoms. The van der Waals surface area contributed by atoms with Crippen LogP contribution in [0.25, 0.3) is 0 Å². The summed E-state index contributed by atoms with van der Waals surface area (Å²) in [5.41, 5.74) is 1.73. The summed E-state index contributed by atoms with van der Waals surface area (Å²) >= 11 is 0. The number of rotatable bonds is 6. The minimum absolute atomic E-state index is 0.0386. The lowest BCUT2D eigenvalue weighted by Crippen LogP contribution is -2.17. The maximum absolute atomic E-state index is 12.6. The standard InChI is InChI=1S/C19H19N3O3S/c1-2-26(24,25)18-11-7-6-10-17(18)19(23)21-16-12-20-22(14-16)13-15-8-4-3-5-9-15/h3-12,14H,2,13H2,1H3,(H,21,23). The number of hydrogen-bond donors (Lipinski definition) is 1. The third kappa shape index (κ3) is 4.00. The number of amides is 1. The van der Waals surface area contributed by atoms with Gasteiger partial charge in [-0.1, -0.05) is 49.4 Å². The number of carbonyl (C=O) groups is 1. The Hall–Kier alpha value is -2.93. The van der Waals surface area contributed by atoms with E-state index in [0.29, 0.717) is 12.2 Å². The first-order valence-electron chi connectivity index (χ1n) is 8.19. The summed E-state index contributed by atoms with van der Waals surface area (Å²) in [6, 6.07) is 16.0. The van der Waals surface area contributed by atoms with Crippen LogP contribution >= 0.6 is 0 Å². The molecule has 1 amide bonds. The van der Waals surface area contributed by atoms with Gasteiger partial charge in [-0.05, 0) is 17.7 Å². The molecule has 0 fully saturated rings. The lowest BCUT2D eigenvalue weighted by atomic mass is 10.2. The Bertz CT molecular complexity index is 1010. The van der Waals surface area contributed by atoms with E-state index in [4.69, 9.17) is 0 Å². The molecule has 6 nitrogen and oxygen atoms in total. The van der Waals surface area contributed by atoms with Gasteiger partial charge in [-0.2, -0.15) is 5.10 Å².